The maximum atomic E-state index is 12.8. The summed E-state index contributed by atoms with van der Waals surface area (Å²) in [4.78, 5) is 27.3. The summed E-state index contributed by atoms with van der Waals surface area (Å²) in [6.45, 7) is 8.32. The predicted octanol–water partition coefficient (Wildman–Crippen LogP) is 4.87. The molecule has 0 spiro atoms. The summed E-state index contributed by atoms with van der Waals surface area (Å²) in [5, 5.41) is 1.05. The quantitative estimate of drug-likeness (QED) is 0.692. The van der Waals surface area contributed by atoms with Crippen LogP contribution in [0.25, 0.3) is 5.57 Å². The third kappa shape index (κ3) is 3.93. The number of carbonyl (C=O) groups excluding carboxylic acids is 2. The van der Waals surface area contributed by atoms with Gasteiger partial charge in [0.25, 0.3) is 11.8 Å². The van der Waals surface area contributed by atoms with E-state index >= 15 is 0 Å². The van der Waals surface area contributed by atoms with Crippen LogP contribution in [-0.2, 0) is 9.59 Å². The van der Waals surface area contributed by atoms with E-state index in [2.05, 4.69) is 0 Å². The first-order chi connectivity index (χ1) is 10.7. The van der Waals surface area contributed by atoms with Crippen LogP contribution in [0.5, 0.6) is 0 Å². The van der Waals surface area contributed by atoms with Crippen molar-refractivity contribution in [1.82, 2.24) is 4.90 Å². The highest BCUT2D eigenvalue weighted by Gasteiger charge is 2.40. The maximum absolute atomic E-state index is 12.8. The second-order valence-electron chi connectivity index (χ2n) is 6.11. The molecule has 0 bridgehead atoms. The molecule has 1 heterocycles. The third-order valence-corrected chi connectivity index (χ3v) is 4.86. The Balaban J connectivity index is 2.55. The Morgan fingerprint density at radius 3 is 2.26 bits per heavy atom. The van der Waals surface area contributed by atoms with Gasteiger partial charge in [-0.05, 0) is 18.1 Å². The zero-order valence-electron chi connectivity index (χ0n) is 13.5. The smallest absolute Gasteiger partial charge is 0.268 e. The zero-order valence-corrected chi connectivity index (χ0v) is 15.9. The van der Waals surface area contributed by atoms with Crippen LogP contribution in [0.3, 0.4) is 0 Å². The largest absolute Gasteiger partial charge is 0.274 e. The van der Waals surface area contributed by atoms with Gasteiger partial charge in [-0.3, -0.25) is 14.5 Å². The van der Waals surface area contributed by atoms with E-state index < -0.39 is 0 Å². The molecule has 23 heavy (non-hydrogen) atoms. The molecule has 0 saturated carbocycles. The first kappa shape index (κ1) is 18.4. The van der Waals surface area contributed by atoms with Crippen molar-refractivity contribution in [3.05, 3.63) is 38.7 Å². The number of hydrogen-bond acceptors (Lipinski definition) is 3. The Kier molecular flexibility index (Phi) is 5.82. The average molecular weight is 372 g/mol. The molecule has 1 aromatic rings. The summed E-state index contributed by atoms with van der Waals surface area (Å²) in [5.41, 5.74) is 0.944. The second-order valence-corrected chi connectivity index (χ2v) is 8.54. The van der Waals surface area contributed by atoms with E-state index in [4.69, 9.17) is 23.2 Å². The van der Waals surface area contributed by atoms with E-state index in [-0.39, 0.29) is 23.0 Å². The lowest BCUT2D eigenvalue weighted by Crippen LogP contribution is -2.34. The Morgan fingerprint density at radius 1 is 1.09 bits per heavy atom. The Labute approximate surface area is 151 Å². The number of halogens is 2. The van der Waals surface area contributed by atoms with E-state index in [1.807, 2.05) is 27.7 Å². The summed E-state index contributed by atoms with van der Waals surface area (Å²) in [6, 6.07) is 4.97. The van der Waals surface area contributed by atoms with Crippen molar-refractivity contribution in [2.45, 2.75) is 32.9 Å². The predicted molar refractivity (Wildman–Crippen MR) is 97.7 cm³/mol. The first-order valence-corrected chi connectivity index (χ1v) is 9.08. The zero-order chi connectivity index (χ0) is 17.3. The molecule has 6 heteroatoms. The van der Waals surface area contributed by atoms with Crippen LogP contribution >= 0.6 is 35.0 Å². The average Bonchev–Trinajstić information content (AvgIpc) is 2.63. The summed E-state index contributed by atoms with van der Waals surface area (Å²) < 4.78 is 0. The lowest BCUT2D eigenvalue weighted by atomic mass is 10.1. The van der Waals surface area contributed by atoms with Crippen molar-refractivity contribution in [2.24, 2.45) is 5.92 Å². The van der Waals surface area contributed by atoms with Crippen LogP contribution in [0.2, 0.25) is 10.0 Å². The maximum Gasteiger partial charge on any atom is 0.268 e. The van der Waals surface area contributed by atoms with Gasteiger partial charge in [-0.25, -0.2) is 0 Å². The molecule has 124 valence electrons. The van der Waals surface area contributed by atoms with Gasteiger partial charge in [0.1, 0.15) is 0 Å². The first-order valence-electron chi connectivity index (χ1n) is 7.45. The van der Waals surface area contributed by atoms with Crippen LogP contribution in [-0.4, -0.2) is 28.5 Å². The summed E-state index contributed by atoms with van der Waals surface area (Å²) in [6.07, 6.45) is 0. The van der Waals surface area contributed by atoms with Gasteiger partial charge in [0.15, 0.2) is 0 Å². The number of thioether (sulfide) groups is 1. The van der Waals surface area contributed by atoms with E-state index in [0.717, 1.165) is 0 Å². The Morgan fingerprint density at radius 2 is 1.74 bits per heavy atom. The Bertz CT molecular complexity index is 683. The van der Waals surface area contributed by atoms with Gasteiger partial charge < -0.3 is 0 Å². The number of imide groups is 1. The SMILES string of the molecule is CC(C)CN1C(=O)C(SC(C)C)=C(c2ccc(Cl)cc2Cl)C1=O. The van der Waals surface area contributed by atoms with Crippen LogP contribution in [0, 0.1) is 5.92 Å². The van der Waals surface area contributed by atoms with Gasteiger partial charge in [-0.15, -0.1) is 11.8 Å². The van der Waals surface area contributed by atoms with Gasteiger partial charge in [0.2, 0.25) is 0 Å². The van der Waals surface area contributed by atoms with Crippen LogP contribution < -0.4 is 0 Å². The molecule has 2 rings (SSSR count). The standard InChI is InChI=1S/C17H19Cl2NO2S/c1-9(2)8-20-16(21)14(15(17(20)22)23-10(3)4)12-6-5-11(18)7-13(12)19/h5-7,9-10H,8H2,1-4H3. The molecule has 3 nitrogen and oxygen atoms in total. The summed E-state index contributed by atoms with van der Waals surface area (Å²) in [7, 11) is 0. The molecule has 0 fully saturated rings. The topological polar surface area (TPSA) is 37.4 Å². The summed E-state index contributed by atoms with van der Waals surface area (Å²) in [5.74, 6) is -0.312. The molecular weight excluding hydrogens is 353 g/mol. The van der Waals surface area contributed by atoms with Crippen molar-refractivity contribution in [3.8, 4) is 0 Å². The molecule has 0 unspecified atom stereocenters. The van der Waals surface area contributed by atoms with Crippen LogP contribution in [0.4, 0.5) is 0 Å². The lowest BCUT2D eigenvalue weighted by Gasteiger charge is -2.17. The highest BCUT2D eigenvalue weighted by Crippen LogP contribution is 2.40. The van der Waals surface area contributed by atoms with Gasteiger partial charge in [0.05, 0.1) is 15.5 Å². The highest BCUT2D eigenvalue weighted by atomic mass is 35.5. The second kappa shape index (κ2) is 7.29. The minimum atomic E-state index is -0.281. The number of hydrogen-bond donors (Lipinski definition) is 0. The fourth-order valence-corrected chi connectivity index (χ4v) is 3.86. The van der Waals surface area contributed by atoms with Gasteiger partial charge in [0, 0.05) is 22.4 Å². The molecule has 1 aromatic carbocycles. The van der Waals surface area contributed by atoms with E-state index in [1.54, 1.807) is 18.2 Å². The van der Waals surface area contributed by atoms with Crippen molar-refractivity contribution in [1.29, 1.82) is 0 Å². The molecular formula is C17H19Cl2NO2S. The molecule has 0 saturated heterocycles. The van der Waals surface area contributed by atoms with Crippen molar-refractivity contribution in [3.63, 3.8) is 0 Å². The minimum absolute atomic E-state index is 0.182. The summed E-state index contributed by atoms with van der Waals surface area (Å²) >= 11 is 13.6. The van der Waals surface area contributed by atoms with Crippen molar-refractivity contribution in [2.75, 3.05) is 6.54 Å². The van der Waals surface area contributed by atoms with Gasteiger partial charge in [-0.2, -0.15) is 0 Å². The fraction of sp³-hybridized carbons (Fsp3) is 0.412. The number of carbonyl (C=O) groups is 2. The van der Waals surface area contributed by atoms with Crippen LogP contribution in [0.15, 0.2) is 23.1 Å². The normalized spacial score (nSPS) is 15.6. The van der Waals surface area contributed by atoms with E-state index in [9.17, 15) is 9.59 Å². The molecule has 0 atom stereocenters. The number of nitrogens with zero attached hydrogens (tertiary/aromatic N) is 1. The Hall–Kier alpha value is -0.970. The minimum Gasteiger partial charge on any atom is -0.274 e. The number of benzene rings is 1. The van der Waals surface area contributed by atoms with Gasteiger partial charge in [-0.1, -0.05) is 57.0 Å². The number of rotatable bonds is 5. The number of amides is 2. The van der Waals surface area contributed by atoms with E-state index in [1.165, 1.54) is 16.7 Å². The highest BCUT2D eigenvalue weighted by molar-refractivity contribution is 8.04. The lowest BCUT2D eigenvalue weighted by molar-refractivity contribution is -0.137. The molecule has 1 aliphatic heterocycles. The molecule has 0 aromatic heterocycles. The molecule has 0 radical (unpaired) electrons. The molecule has 1 aliphatic rings. The van der Waals surface area contributed by atoms with Crippen LogP contribution in [0.1, 0.15) is 33.3 Å². The van der Waals surface area contributed by atoms with Gasteiger partial charge >= 0.3 is 0 Å². The third-order valence-electron chi connectivity index (χ3n) is 3.23. The van der Waals surface area contributed by atoms with E-state index in [0.29, 0.717) is 32.6 Å². The molecule has 0 N–H and O–H groups in total. The fourth-order valence-electron chi connectivity index (χ4n) is 2.36. The monoisotopic (exact) mass is 371 g/mol. The van der Waals surface area contributed by atoms with Crippen molar-refractivity contribution >= 4 is 52.4 Å². The molecule has 2 amide bonds. The van der Waals surface area contributed by atoms with Crippen molar-refractivity contribution < 1.29 is 9.59 Å². The molecule has 0 aliphatic carbocycles.